The molecule has 3 nitrogen and oxygen atoms in total. The minimum atomic E-state index is -0.480. The third kappa shape index (κ3) is 2.93. The van der Waals surface area contributed by atoms with Gasteiger partial charge in [0.15, 0.2) is 11.6 Å². The third-order valence-electron chi connectivity index (χ3n) is 2.61. The molecule has 0 saturated carbocycles. The molecule has 0 aliphatic rings. The van der Waals surface area contributed by atoms with Crippen LogP contribution < -0.4 is 10.5 Å². The van der Waals surface area contributed by atoms with Crippen LogP contribution >= 0.6 is 15.9 Å². The average Bonchev–Trinajstić information content (AvgIpc) is 2.34. The second kappa shape index (κ2) is 5.40. The number of nitrogens with one attached hydrogen (secondary N) is 1. The molecule has 0 fully saturated rings. The highest BCUT2D eigenvalue weighted by Gasteiger charge is 2.13. The topological polar surface area (TPSA) is 59.1 Å². The quantitative estimate of drug-likeness (QED) is 0.663. The number of nitrogen functional groups attached to an aromatic ring is 1. The first-order valence-electron chi connectivity index (χ1n) is 5.56. The van der Waals surface area contributed by atoms with Crippen LogP contribution in [-0.4, -0.2) is 5.84 Å². The lowest BCUT2D eigenvalue weighted by molar-refractivity contribution is 0.438. The van der Waals surface area contributed by atoms with Gasteiger partial charge in [-0.15, -0.1) is 0 Å². The van der Waals surface area contributed by atoms with Crippen molar-refractivity contribution < 1.29 is 9.13 Å². The van der Waals surface area contributed by atoms with Gasteiger partial charge in [-0.05, 0) is 36.8 Å². The van der Waals surface area contributed by atoms with E-state index >= 15 is 0 Å². The van der Waals surface area contributed by atoms with Crippen LogP contribution in [0.3, 0.4) is 0 Å². The van der Waals surface area contributed by atoms with Crippen molar-refractivity contribution in [1.82, 2.24) is 0 Å². The van der Waals surface area contributed by atoms with Crippen LogP contribution in [0.25, 0.3) is 0 Å². The van der Waals surface area contributed by atoms with Gasteiger partial charge in [-0.3, -0.25) is 5.41 Å². The SMILES string of the molecule is Cc1cccc(C(=N)N)c1Oc1ccc(Br)cc1F. The molecular formula is C14H12BrFN2O. The minimum absolute atomic E-state index is 0.0972. The number of amidine groups is 1. The number of hydrogen-bond donors (Lipinski definition) is 2. The van der Waals surface area contributed by atoms with Crippen molar-refractivity contribution in [2.24, 2.45) is 5.73 Å². The van der Waals surface area contributed by atoms with E-state index in [1.165, 1.54) is 12.1 Å². The normalized spacial score (nSPS) is 10.3. The summed E-state index contributed by atoms with van der Waals surface area (Å²) >= 11 is 3.18. The van der Waals surface area contributed by atoms with Gasteiger partial charge in [-0.1, -0.05) is 28.1 Å². The summed E-state index contributed by atoms with van der Waals surface area (Å²) < 4.78 is 20.0. The van der Waals surface area contributed by atoms with Gasteiger partial charge in [0, 0.05) is 4.47 Å². The molecule has 3 N–H and O–H groups in total. The highest BCUT2D eigenvalue weighted by atomic mass is 79.9. The summed E-state index contributed by atoms with van der Waals surface area (Å²) in [6.07, 6.45) is 0. The first-order valence-corrected chi connectivity index (χ1v) is 6.35. The van der Waals surface area contributed by atoms with E-state index in [-0.39, 0.29) is 11.6 Å². The van der Waals surface area contributed by atoms with Crippen molar-refractivity contribution >= 4 is 21.8 Å². The third-order valence-corrected chi connectivity index (χ3v) is 3.10. The number of nitrogens with two attached hydrogens (primary N) is 1. The van der Waals surface area contributed by atoms with E-state index in [9.17, 15) is 4.39 Å². The van der Waals surface area contributed by atoms with E-state index in [0.29, 0.717) is 15.8 Å². The van der Waals surface area contributed by atoms with Gasteiger partial charge >= 0.3 is 0 Å². The second-order valence-electron chi connectivity index (χ2n) is 4.04. The van der Waals surface area contributed by atoms with Gasteiger partial charge in [0.2, 0.25) is 0 Å². The molecule has 0 amide bonds. The summed E-state index contributed by atoms with van der Waals surface area (Å²) in [4.78, 5) is 0. The Kier molecular flexibility index (Phi) is 3.85. The Hall–Kier alpha value is -1.88. The number of rotatable bonds is 3. The predicted octanol–water partition coefficient (Wildman–Crippen LogP) is 3.97. The van der Waals surface area contributed by atoms with Crippen LogP contribution in [0.2, 0.25) is 0 Å². The predicted molar refractivity (Wildman–Crippen MR) is 76.4 cm³/mol. The molecule has 0 bridgehead atoms. The highest BCUT2D eigenvalue weighted by Crippen LogP contribution is 2.31. The maximum atomic E-state index is 13.8. The molecule has 19 heavy (non-hydrogen) atoms. The summed E-state index contributed by atoms with van der Waals surface area (Å²) in [6, 6.07) is 9.79. The Morgan fingerprint density at radius 3 is 2.68 bits per heavy atom. The molecular weight excluding hydrogens is 311 g/mol. The summed E-state index contributed by atoms with van der Waals surface area (Å²) in [7, 11) is 0. The number of halogens is 2. The zero-order valence-corrected chi connectivity index (χ0v) is 11.8. The van der Waals surface area contributed by atoms with Crippen molar-refractivity contribution in [2.75, 3.05) is 0 Å². The molecule has 98 valence electrons. The molecule has 5 heteroatoms. The summed E-state index contributed by atoms with van der Waals surface area (Å²) in [6.45, 7) is 1.82. The Balaban J connectivity index is 2.46. The Labute approximate surface area is 118 Å². The zero-order chi connectivity index (χ0) is 14.0. The standard InChI is InChI=1S/C14H12BrFN2O/c1-8-3-2-4-10(14(17)18)13(8)19-12-6-5-9(15)7-11(12)16/h2-7H,1H3,(H3,17,18). The maximum Gasteiger partial charge on any atom is 0.166 e. The van der Waals surface area contributed by atoms with Gasteiger partial charge in [-0.25, -0.2) is 4.39 Å². The molecule has 2 rings (SSSR count). The number of ether oxygens (including phenoxy) is 1. The van der Waals surface area contributed by atoms with Crippen molar-refractivity contribution in [3.05, 3.63) is 57.8 Å². The van der Waals surface area contributed by atoms with Gasteiger partial charge in [0.05, 0.1) is 5.56 Å². The molecule has 0 atom stereocenters. The van der Waals surface area contributed by atoms with E-state index in [2.05, 4.69) is 15.9 Å². The van der Waals surface area contributed by atoms with Crippen LogP contribution in [0, 0.1) is 18.2 Å². The van der Waals surface area contributed by atoms with Gasteiger partial charge < -0.3 is 10.5 Å². The average molecular weight is 323 g/mol. The molecule has 0 spiro atoms. The summed E-state index contributed by atoms with van der Waals surface area (Å²) in [5.74, 6) is -0.0976. The number of aryl methyl sites for hydroxylation is 1. The smallest absolute Gasteiger partial charge is 0.166 e. The molecule has 0 aromatic heterocycles. The van der Waals surface area contributed by atoms with Gasteiger partial charge in [-0.2, -0.15) is 0 Å². The number of hydrogen-bond acceptors (Lipinski definition) is 2. The fourth-order valence-corrected chi connectivity index (χ4v) is 2.00. The zero-order valence-electron chi connectivity index (χ0n) is 10.2. The van der Waals surface area contributed by atoms with Crippen LogP contribution in [0.5, 0.6) is 11.5 Å². The van der Waals surface area contributed by atoms with Crippen molar-refractivity contribution in [2.45, 2.75) is 6.92 Å². The Morgan fingerprint density at radius 1 is 1.32 bits per heavy atom. The summed E-state index contributed by atoms with van der Waals surface area (Å²) in [5.41, 5.74) is 6.73. The Bertz CT molecular complexity index is 643. The van der Waals surface area contributed by atoms with Crippen LogP contribution in [0.1, 0.15) is 11.1 Å². The van der Waals surface area contributed by atoms with Crippen molar-refractivity contribution in [1.29, 1.82) is 5.41 Å². The largest absolute Gasteiger partial charge is 0.453 e. The lowest BCUT2D eigenvalue weighted by Crippen LogP contribution is -2.13. The van der Waals surface area contributed by atoms with E-state index in [4.69, 9.17) is 15.9 Å². The maximum absolute atomic E-state index is 13.8. The highest BCUT2D eigenvalue weighted by molar-refractivity contribution is 9.10. The first kappa shape index (κ1) is 13.5. The van der Waals surface area contributed by atoms with Crippen LogP contribution in [0.15, 0.2) is 40.9 Å². The molecule has 0 radical (unpaired) electrons. The van der Waals surface area contributed by atoms with Gasteiger partial charge in [0.1, 0.15) is 11.6 Å². The molecule has 0 unspecified atom stereocenters. The number of para-hydroxylation sites is 1. The monoisotopic (exact) mass is 322 g/mol. The molecule has 0 aliphatic carbocycles. The molecule has 2 aromatic rings. The Morgan fingerprint density at radius 2 is 2.05 bits per heavy atom. The second-order valence-corrected chi connectivity index (χ2v) is 4.96. The van der Waals surface area contributed by atoms with E-state index in [1.54, 1.807) is 18.2 Å². The number of benzene rings is 2. The molecule has 0 heterocycles. The van der Waals surface area contributed by atoms with Crippen LogP contribution in [0.4, 0.5) is 4.39 Å². The molecule has 0 saturated heterocycles. The van der Waals surface area contributed by atoms with Gasteiger partial charge in [0.25, 0.3) is 0 Å². The molecule has 2 aromatic carbocycles. The minimum Gasteiger partial charge on any atom is -0.453 e. The fourth-order valence-electron chi connectivity index (χ4n) is 1.67. The van der Waals surface area contributed by atoms with E-state index in [0.717, 1.165) is 5.56 Å². The van der Waals surface area contributed by atoms with E-state index in [1.807, 2.05) is 13.0 Å². The lowest BCUT2D eigenvalue weighted by atomic mass is 10.1. The van der Waals surface area contributed by atoms with Crippen LogP contribution in [-0.2, 0) is 0 Å². The first-order chi connectivity index (χ1) is 8.99. The van der Waals surface area contributed by atoms with Crippen molar-refractivity contribution in [3.8, 4) is 11.5 Å². The van der Waals surface area contributed by atoms with Crippen molar-refractivity contribution in [3.63, 3.8) is 0 Å². The van der Waals surface area contributed by atoms with E-state index < -0.39 is 5.82 Å². The lowest BCUT2D eigenvalue weighted by Gasteiger charge is -2.13. The molecule has 0 aliphatic heterocycles. The fraction of sp³-hybridized carbons (Fsp3) is 0.0714. The summed E-state index contributed by atoms with van der Waals surface area (Å²) in [5, 5.41) is 7.52.